The predicted octanol–water partition coefficient (Wildman–Crippen LogP) is 1.69. The Kier molecular flexibility index (Phi) is 3.84. The lowest BCUT2D eigenvalue weighted by molar-refractivity contribution is 0.0484. The van der Waals surface area contributed by atoms with E-state index in [2.05, 4.69) is 5.32 Å². The van der Waals surface area contributed by atoms with Crippen molar-refractivity contribution < 1.29 is 19.6 Å². The maximum atomic E-state index is 11.7. The van der Waals surface area contributed by atoms with E-state index in [1.165, 1.54) is 0 Å². The van der Waals surface area contributed by atoms with Crippen molar-refractivity contribution in [2.45, 2.75) is 70.3 Å². The number of carbonyl (C=O) groups is 1. The third-order valence-corrected chi connectivity index (χ3v) is 4.32. The molecule has 0 aromatic rings. The van der Waals surface area contributed by atoms with Gasteiger partial charge in [0.05, 0.1) is 0 Å². The summed E-state index contributed by atoms with van der Waals surface area (Å²) in [6.45, 7) is 5.54. The van der Waals surface area contributed by atoms with Gasteiger partial charge in [-0.05, 0) is 64.1 Å². The molecule has 0 heterocycles. The van der Waals surface area contributed by atoms with E-state index in [1.54, 1.807) is 0 Å². The summed E-state index contributed by atoms with van der Waals surface area (Å²) in [5, 5.41) is 21.3. The summed E-state index contributed by atoms with van der Waals surface area (Å²) in [4.78, 5) is 11.7. The van der Waals surface area contributed by atoms with Gasteiger partial charge >= 0.3 is 13.2 Å². The van der Waals surface area contributed by atoms with Crippen LogP contribution in [0.1, 0.15) is 52.9 Å². The maximum Gasteiger partial charge on any atom is 0.455 e. The van der Waals surface area contributed by atoms with E-state index in [0.717, 1.165) is 32.1 Å². The fourth-order valence-corrected chi connectivity index (χ4v) is 3.19. The Labute approximate surface area is 114 Å². The summed E-state index contributed by atoms with van der Waals surface area (Å²) in [5.41, 5.74) is -0.344. The third kappa shape index (κ3) is 3.63. The maximum absolute atomic E-state index is 11.7. The van der Waals surface area contributed by atoms with Crippen LogP contribution in [0, 0.1) is 5.41 Å². The number of hydrogen-bond donors (Lipinski definition) is 3. The molecule has 2 rings (SSSR count). The smallest absolute Gasteiger partial charge is 0.444 e. The summed E-state index contributed by atoms with van der Waals surface area (Å²) in [5.74, 6) is 0.0370. The van der Waals surface area contributed by atoms with Crippen molar-refractivity contribution in [2.75, 3.05) is 0 Å². The topological polar surface area (TPSA) is 78.8 Å². The lowest BCUT2D eigenvalue weighted by atomic mass is 9.72. The van der Waals surface area contributed by atoms with Crippen LogP contribution >= 0.6 is 0 Å². The van der Waals surface area contributed by atoms with Gasteiger partial charge in [0.1, 0.15) is 5.60 Å². The molecule has 5 nitrogen and oxygen atoms in total. The highest BCUT2D eigenvalue weighted by atomic mass is 16.6. The second kappa shape index (κ2) is 4.98. The van der Waals surface area contributed by atoms with Crippen LogP contribution in [0.5, 0.6) is 0 Å². The third-order valence-electron chi connectivity index (χ3n) is 4.32. The summed E-state index contributed by atoms with van der Waals surface area (Å²) in [7, 11) is -1.18. The molecule has 2 saturated carbocycles. The quantitative estimate of drug-likeness (QED) is 0.666. The van der Waals surface area contributed by atoms with Gasteiger partial charge in [-0.3, -0.25) is 0 Å². The van der Waals surface area contributed by atoms with E-state index in [0.29, 0.717) is 0 Å². The van der Waals surface area contributed by atoms with Gasteiger partial charge in [-0.15, -0.1) is 0 Å². The molecule has 2 fully saturated rings. The predicted molar refractivity (Wildman–Crippen MR) is 72.6 cm³/mol. The number of nitrogens with one attached hydrogen (secondary N) is 1. The molecule has 0 saturated heterocycles. The summed E-state index contributed by atoms with van der Waals surface area (Å²) < 4.78 is 5.24. The summed E-state index contributed by atoms with van der Waals surface area (Å²) >= 11 is 0. The largest absolute Gasteiger partial charge is 0.455 e. The van der Waals surface area contributed by atoms with Crippen molar-refractivity contribution in [1.29, 1.82) is 0 Å². The zero-order valence-corrected chi connectivity index (χ0v) is 12.0. The molecule has 19 heavy (non-hydrogen) atoms. The number of hydrogen-bond acceptors (Lipinski definition) is 4. The molecule has 1 spiro atoms. The molecule has 1 atom stereocenters. The molecule has 0 aromatic heterocycles. The van der Waals surface area contributed by atoms with E-state index in [9.17, 15) is 14.8 Å². The monoisotopic (exact) mass is 269 g/mol. The Morgan fingerprint density at radius 3 is 2.32 bits per heavy atom. The number of ether oxygens (including phenoxy) is 1. The number of rotatable bonds is 2. The van der Waals surface area contributed by atoms with Crippen molar-refractivity contribution in [3.05, 3.63) is 0 Å². The Balaban J connectivity index is 1.74. The van der Waals surface area contributed by atoms with Gasteiger partial charge in [-0.2, -0.15) is 0 Å². The molecular weight excluding hydrogens is 245 g/mol. The Morgan fingerprint density at radius 2 is 1.89 bits per heavy atom. The SMILES string of the molecule is CC(C)(C)OC(=O)NC1CCC2(CC1)CC2B(O)O. The van der Waals surface area contributed by atoms with Gasteiger partial charge in [0.15, 0.2) is 0 Å². The van der Waals surface area contributed by atoms with Crippen molar-refractivity contribution in [3.8, 4) is 0 Å². The van der Waals surface area contributed by atoms with Gasteiger partial charge < -0.3 is 20.1 Å². The molecule has 2 aliphatic carbocycles. The van der Waals surface area contributed by atoms with Gasteiger partial charge in [0, 0.05) is 6.04 Å². The lowest BCUT2D eigenvalue weighted by Gasteiger charge is -2.31. The standard InChI is InChI=1S/C13H24BNO4/c1-12(2,3)19-11(16)15-9-4-6-13(7-5-9)8-10(13)14(17)18/h9-10,17-18H,4-8H2,1-3H3,(H,15,16). The molecular formula is C13H24BNO4. The minimum atomic E-state index is -1.18. The molecule has 2 aliphatic rings. The van der Waals surface area contributed by atoms with Crippen LogP contribution in [0.15, 0.2) is 0 Å². The van der Waals surface area contributed by atoms with Crippen LogP contribution in [-0.4, -0.2) is 34.9 Å². The van der Waals surface area contributed by atoms with Gasteiger partial charge in [-0.25, -0.2) is 4.79 Å². The van der Waals surface area contributed by atoms with Crippen molar-refractivity contribution in [1.82, 2.24) is 5.32 Å². The van der Waals surface area contributed by atoms with E-state index in [1.807, 2.05) is 20.8 Å². The van der Waals surface area contributed by atoms with Gasteiger partial charge in [-0.1, -0.05) is 0 Å². The van der Waals surface area contributed by atoms with Crippen LogP contribution in [0.3, 0.4) is 0 Å². The Morgan fingerprint density at radius 1 is 1.32 bits per heavy atom. The minimum absolute atomic E-state index is 0.0370. The normalized spacial score (nSPS) is 33.9. The molecule has 0 aromatic carbocycles. The number of carbonyl (C=O) groups excluding carboxylic acids is 1. The van der Waals surface area contributed by atoms with Crippen LogP contribution in [0.2, 0.25) is 5.82 Å². The van der Waals surface area contributed by atoms with Crippen LogP contribution < -0.4 is 5.32 Å². The Bertz CT molecular complexity index is 345. The second-order valence-electron chi connectivity index (χ2n) is 7.01. The fraction of sp³-hybridized carbons (Fsp3) is 0.923. The molecule has 0 bridgehead atoms. The molecule has 0 radical (unpaired) electrons. The number of amides is 1. The molecule has 6 heteroatoms. The van der Waals surface area contributed by atoms with Gasteiger partial charge in [0.25, 0.3) is 0 Å². The van der Waals surface area contributed by atoms with E-state index in [-0.39, 0.29) is 23.4 Å². The first kappa shape index (κ1) is 14.7. The zero-order chi connectivity index (χ0) is 14.3. The molecule has 3 N–H and O–H groups in total. The summed E-state index contributed by atoms with van der Waals surface area (Å²) in [6.07, 6.45) is 4.24. The lowest BCUT2D eigenvalue weighted by Crippen LogP contribution is -2.41. The number of alkyl carbamates (subject to hydrolysis) is 1. The van der Waals surface area contributed by atoms with Crippen LogP contribution in [0.4, 0.5) is 4.79 Å². The van der Waals surface area contributed by atoms with Crippen LogP contribution in [-0.2, 0) is 4.74 Å². The highest BCUT2D eigenvalue weighted by Crippen LogP contribution is 2.66. The first-order valence-corrected chi connectivity index (χ1v) is 7.07. The van der Waals surface area contributed by atoms with Crippen molar-refractivity contribution >= 4 is 13.2 Å². The second-order valence-corrected chi connectivity index (χ2v) is 7.01. The molecule has 1 amide bonds. The fourth-order valence-electron chi connectivity index (χ4n) is 3.19. The first-order valence-electron chi connectivity index (χ1n) is 7.07. The highest BCUT2D eigenvalue weighted by Gasteiger charge is 2.59. The molecule has 108 valence electrons. The zero-order valence-electron chi connectivity index (χ0n) is 12.0. The molecule has 0 aliphatic heterocycles. The first-order chi connectivity index (χ1) is 8.72. The van der Waals surface area contributed by atoms with Crippen molar-refractivity contribution in [2.24, 2.45) is 5.41 Å². The Hall–Kier alpha value is -0.745. The van der Waals surface area contributed by atoms with E-state index in [4.69, 9.17) is 4.74 Å². The van der Waals surface area contributed by atoms with E-state index >= 15 is 0 Å². The average Bonchev–Trinajstić information content (AvgIpc) is 2.94. The van der Waals surface area contributed by atoms with Gasteiger partial charge in [0.2, 0.25) is 0 Å². The average molecular weight is 269 g/mol. The minimum Gasteiger partial charge on any atom is -0.444 e. The van der Waals surface area contributed by atoms with Crippen molar-refractivity contribution in [3.63, 3.8) is 0 Å². The molecule has 1 unspecified atom stereocenters. The van der Waals surface area contributed by atoms with Crippen LogP contribution in [0.25, 0.3) is 0 Å². The van der Waals surface area contributed by atoms with E-state index < -0.39 is 12.7 Å². The summed E-state index contributed by atoms with van der Waals surface area (Å²) in [6, 6.07) is 0.151. The highest BCUT2D eigenvalue weighted by molar-refractivity contribution is 6.44.